The van der Waals surface area contributed by atoms with Gasteiger partial charge in [0.1, 0.15) is 0 Å². The smallest absolute Gasteiger partial charge is 0.255 e. The zero-order valence-electron chi connectivity index (χ0n) is 10.3. The summed E-state index contributed by atoms with van der Waals surface area (Å²) < 4.78 is 0. The van der Waals surface area contributed by atoms with Crippen molar-refractivity contribution in [1.82, 2.24) is 0 Å². The number of rotatable bonds is 2. The lowest BCUT2D eigenvalue weighted by atomic mass is 10.1. The normalized spacial score (nSPS) is 10.2. The Morgan fingerprint density at radius 3 is 2.33 bits per heavy atom. The van der Waals surface area contributed by atoms with E-state index in [9.17, 15) is 4.79 Å². The third kappa shape index (κ3) is 2.90. The van der Waals surface area contributed by atoms with Crippen LogP contribution in [-0.4, -0.2) is 5.91 Å². The largest absolute Gasteiger partial charge is 0.322 e. The number of halogens is 1. The second kappa shape index (κ2) is 5.23. The zero-order valence-corrected chi connectivity index (χ0v) is 11.1. The summed E-state index contributed by atoms with van der Waals surface area (Å²) in [7, 11) is 0. The van der Waals surface area contributed by atoms with E-state index in [1.54, 1.807) is 18.2 Å². The van der Waals surface area contributed by atoms with E-state index in [1.807, 2.05) is 38.1 Å². The third-order valence-corrected chi connectivity index (χ3v) is 3.15. The van der Waals surface area contributed by atoms with E-state index in [4.69, 9.17) is 11.6 Å². The van der Waals surface area contributed by atoms with Crippen LogP contribution in [0.5, 0.6) is 0 Å². The molecule has 0 unspecified atom stereocenters. The summed E-state index contributed by atoms with van der Waals surface area (Å²) in [4.78, 5) is 12.0. The molecular formula is C15H14ClNO. The molecule has 18 heavy (non-hydrogen) atoms. The quantitative estimate of drug-likeness (QED) is 0.860. The number of hydrogen-bond acceptors (Lipinski definition) is 1. The van der Waals surface area contributed by atoms with Crippen molar-refractivity contribution in [2.24, 2.45) is 0 Å². The Labute approximate surface area is 112 Å². The summed E-state index contributed by atoms with van der Waals surface area (Å²) in [5.41, 5.74) is 3.46. The van der Waals surface area contributed by atoms with Crippen LogP contribution in [0.4, 0.5) is 5.69 Å². The Morgan fingerprint density at radius 1 is 1.06 bits per heavy atom. The van der Waals surface area contributed by atoms with Crippen molar-refractivity contribution in [3.63, 3.8) is 0 Å². The molecule has 2 aromatic rings. The Morgan fingerprint density at radius 2 is 1.72 bits per heavy atom. The predicted octanol–water partition coefficient (Wildman–Crippen LogP) is 4.21. The highest BCUT2D eigenvalue weighted by Gasteiger charge is 2.07. The fourth-order valence-electron chi connectivity index (χ4n) is 1.63. The maximum absolute atomic E-state index is 12.0. The summed E-state index contributed by atoms with van der Waals surface area (Å²) in [6, 6.07) is 12.9. The lowest BCUT2D eigenvalue weighted by molar-refractivity contribution is 0.102. The van der Waals surface area contributed by atoms with Crippen molar-refractivity contribution in [2.45, 2.75) is 13.8 Å². The molecule has 3 heteroatoms. The van der Waals surface area contributed by atoms with Crippen LogP contribution in [0.2, 0.25) is 5.02 Å². The molecule has 0 spiro atoms. The summed E-state index contributed by atoms with van der Waals surface area (Å²) in [5.74, 6) is -0.126. The number of hydrogen-bond donors (Lipinski definition) is 1. The number of nitrogens with one attached hydrogen (secondary N) is 1. The van der Waals surface area contributed by atoms with Gasteiger partial charge in [0, 0.05) is 16.3 Å². The van der Waals surface area contributed by atoms with Gasteiger partial charge in [-0.25, -0.2) is 0 Å². The van der Waals surface area contributed by atoms with Gasteiger partial charge in [-0.1, -0.05) is 29.3 Å². The molecule has 0 saturated carbocycles. The summed E-state index contributed by atoms with van der Waals surface area (Å²) in [6.45, 7) is 3.89. The first-order chi connectivity index (χ1) is 8.56. The Kier molecular flexibility index (Phi) is 3.68. The number of benzene rings is 2. The number of carbonyl (C=O) groups excluding carboxylic acids is 1. The third-order valence-electron chi connectivity index (χ3n) is 2.73. The van der Waals surface area contributed by atoms with Gasteiger partial charge in [-0.3, -0.25) is 4.79 Å². The van der Waals surface area contributed by atoms with Crippen LogP contribution in [0.15, 0.2) is 42.5 Å². The molecule has 0 heterocycles. The lowest BCUT2D eigenvalue weighted by Crippen LogP contribution is -2.11. The van der Waals surface area contributed by atoms with Crippen molar-refractivity contribution in [2.75, 3.05) is 5.32 Å². The molecule has 1 amide bonds. The van der Waals surface area contributed by atoms with Gasteiger partial charge in [-0.15, -0.1) is 0 Å². The molecular weight excluding hydrogens is 246 g/mol. The van der Waals surface area contributed by atoms with Gasteiger partial charge in [-0.2, -0.15) is 0 Å². The first kappa shape index (κ1) is 12.7. The van der Waals surface area contributed by atoms with Gasteiger partial charge in [0.25, 0.3) is 5.91 Å². The van der Waals surface area contributed by atoms with E-state index in [1.165, 1.54) is 0 Å². The van der Waals surface area contributed by atoms with E-state index in [0.717, 1.165) is 16.8 Å². The van der Waals surface area contributed by atoms with Crippen LogP contribution in [-0.2, 0) is 0 Å². The van der Waals surface area contributed by atoms with Crippen LogP contribution < -0.4 is 5.32 Å². The average molecular weight is 260 g/mol. The standard InChI is InChI=1S/C15H14ClNO/c1-10-3-6-13(7-4-10)17-15(18)12-5-8-14(16)11(2)9-12/h3-9H,1-2H3,(H,17,18). The summed E-state index contributed by atoms with van der Waals surface area (Å²) >= 11 is 5.93. The van der Waals surface area contributed by atoms with Crippen LogP contribution in [0.25, 0.3) is 0 Å². The molecule has 0 radical (unpaired) electrons. The number of carbonyl (C=O) groups is 1. The molecule has 92 valence electrons. The van der Waals surface area contributed by atoms with E-state index in [-0.39, 0.29) is 5.91 Å². The molecule has 0 saturated heterocycles. The van der Waals surface area contributed by atoms with Crippen LogP contribution in [0.1, 0.15) is 21.5 Å². The van der Waals surface area contributed by atoms with Crippen LogP contribution in [0.3, 0.4) is 0 Å². The number of aryl methyl sites for hydroxylation is 2. The first-order valence-corrected chi connectivity index (χ1v) is 6.08. The summed E-state index contributed by atoms with van der Waals surface area (Å²) in [6.07, 6.45) is 0. The maximum atomic E-state index is 12.0. The highest BCUT2D eigenvalue weighted by atomic mass is 35.5. The second-order valence-corrected chi connectivity index (χ2v) is 4.69. The van der Waals surface area contributed by atoms with E-state index in [0.29, 0.717) is 10.6 Å². The van der Waals surface area contributed by atoms with Crippen LogP contribution >= 0.6 is 11.6 Å². The molecule has 2 nitrogen and oxygen atoms in total. The molecule has 2 aromatic carbocycles. The predicted molar refractivity (Wildman–Crippen MR) is 75.3 cm³/mol. The van der Waals surface area contributed by atoms with E-state index >= 15 is 0 Å². The monoisotopic (exact) mass is 259 g/mol. The van der Waals surface area contributed by atoms with Crippen molar-refractivity contribution in [3.8, 4) is 0 Å². The molecule has 0 fully saturated rings. The first-order valence-electron chi connectivity index (χ1n) is 5.70. The number of anilines is 1. The van der Waals surface area contributed by atoms with Gasteiger partial charge in [-0.05, 0) is 49.7 Å². The van der Waals surface area contributed by atoms with Gasteiger partial charge in [0.2, 0.25) is 0 Å². The lowest BCUT2D eigenvalue weighted by Gasteiger charge is -2.07. The van der Waals surface area contributed by atoms with Gasteiger partial charge >= 0.3 is 0 Å². The minimum absolute atomic E-state index is 0.126. The molecule has 0 aliphatic carbocycles. The van der Waals surface area contributed by atoms with E-state index in [2.05, 4.69) is 5.32 Å². The topological polar surface area (TPSA) is 29.1 Å². The van der Waals surface area contributed by atoms with Crippen molar-refractivity contribution in [1.29, 1.82) is 0 Å². The van der Waals surface area contributed by atoms with Crippen molar-refractivity contribution in [3.05, 3.63) is 64.2 Å². The maximum Gasteiger partial charge on any atom is 0.255 e. The Hall–Kier alpha value is -1.80. The Balaban J connectivity index is 2.16. The SMILES string of the molecule is Cc1ccc(NC(=O)c2ccc(Cl)c(C)c2)cc1. The van der Waals surface area contributed by atoms with Gasteiger partial charge < -0.3 is 5.32 Å². The second-order valence-electron chi connectivity index (χ2n) is 4.28. The van der Waals surface area contributed by atoms with Gasteiger partial charge in [0.05, 0.1) is 0 Å². The molecule has 0 bridgehead atoms. The number of amides is 1. The fourth-order valence-corrected chi connectivity index (χ4v) is 1.74. The molecule has 1 N–H and O–H groups in total. The summed E-state index contributed by atoms with van der Waals surface area (Å²) in [5, 5.41) is 3.52. The molecule has 0 atom stereocenters. The Bertz CT molecular complexity index is 576. The average Bonchev–Trinajstić information content (AvgIpc) is 2.35. The molecule has 0 aromatic heterocycles. The minimum atomic E-state index is -0.126. The van der Waals surface area contributed by atoms with Crippen LogP contribution in [0, 0.1) is 13.8 Å². The molecule has 0 aliphatic rings. The fraction of sp³-hybridized carbons (Fsp3) is 0.133. The highest BCUT2D eigenvalue weighted by Crippen LogP contribution is 2.17. The zero-order chi connectivity index (χ0) is 13.1. The minimum Gasteiger partial charge on any atom is -0.322 e. The highest BCUT2D eigenvalue weighted by molar-refractivity contribution is 6.31. The van der Waals surface area contributed by atoms with Crippen molar-refractivity contribution >= 4 is 23.2 Å². The molecule has 0 aliphatic heterocycles. The van der Waals surface area contributed by atoms with Crippen molar-refractivity contribution < 1.29 is 4.79 Å². The molecule has 2 rings (SSSR count). The van der Waals surface area contributed by atoms with E-state index < -0.39 is 0 Å². The van der Waals surface area contributed by atoms with Gasteiger partial charge in [0.15, 0.2) is 0 Å².